The van der Waals surface area contributed by atoms with Crippen molar-refractivity contribution in [3.63, 3.8) is 0 Å². The molecular weight excluding hydrogens is 541 g/mol. The number of aromatic nitrogens is 5. The first-order valence-corrected chi connectivity index (χ1v) is 15.6. The van der Waals surface area contributed by atoms with E-state index in [9.17, 15) is 13.2 Å². The van der Waals surface area contributed by atoms with Gasteiger partial charge in [-0.3, -0.25) is 14.7 Å². The van der Waals surface area contributed by atoms with E-state index in [0.717, 1.165) is 17.0 Å². The number of benzene rings is 2. The van der Waals surface area contributed by atoms with Crippen molar-refractivity contribution in [3.8, 4) is 5.69 Å². The quantitative estimate of drug-likeness (QED) is 0.247. The summed E-state index contributed by atoms with van der Waals surface area (Å²) in [5.41, 5.74) is 1.69. The van der Waals surface area contributed by atoms with Gasteiger partial charge in [0.1, 0.15) is 10.8 Å². The van der Waals surface area contributed by atoms with Gasteiger partial charge in [0.25, 0.3) is 0 Å². The second-order valence-electron chi connectivity index (χ2n) is 9.24. The first kappa shape index (κ1) is 27.9. The van der Waals surface area contributed by atoms with Crippen LogP contribution in [0.15, 0.2) is 64.6 Å². The minimum Gasteiger partial charge on any atom is -0.300 e. The van der Waals surface area contributed by atoms with Crippen LogP contribution in [0, 0.1) is 12.8 Å². The summed E-state index contributed by atoms with van der Waals surface area (Å²) in [5, 5.41) is 21.0. The highest BCUT2D eigenvalue weighted by molar-refractivity contribution is 8.00. The Kier molecular flexibility index (Phi) is 8.95. The number of nitrogens with zero attached hydrogens (tertiary/aromatic N) is 5. The Morgan fingerprint density at radius 1 is 1.03 bits per heavy atom. The minimum absolute atomic E-state index is 0.221. The van der Waals surface area contributed by atoms with Crippen LogP contribution < -0.4 is 5.32 Å². The van der Waals surface area contributed by atoms with Crippen molar-refractivity contribution in [1.29, 1.82) is 0 Å². The molecule has 2 aromatic heterocycles. The molecule has 4 rings (SSSR count). The number of sulfone groups is 1. The zero-order chi connectivity index (χ0) is 27.3. The van der Waals surface area contributed by atoms with Crippen LogP contribution in [0.3, 0.4) is 0 Å². The van der Waals surface area contributed by atoms with Crippen molar-refractivity contribution < 1.29 is 13.2 Å². The van der Waals surface area contributed by atoms with Crippen molar-refractivity contribution in [2.24, 2.45) is 5.92 Å². The number of aryl methyl sites for hydroxylation is 1. The zero-order valence-electron chi connectivity index (χ0n) is 21.7. The maximum absolute atomic E-state index is 13.2. The molecule has 0 aliphatic heterocycles. The summed E-state index contributed by atoms with van der Waals surface area (Å²) >= 11 is 2.61. The zero-order valence-corrected chi connectivity index (χ0v) is 24.1. The van der Waals surface area contributed by atoms with E-state index in [1.54, 1.807) is 28.8 Å². The smallest absolute Gasteiger partial charge is 0.239 e. The molecule has 1 atom stereocenters. The third kappa shape index (κ3) is 6.86. The number of anilines is 1. The van der Waals surface area contributed by atoms with Crippen LogP contribution in [-0.4, -0.2) is 44.5 Å². The minimum atomic E-state index is -3.67. The fourth-order valence-corrected chi connectivity index (χ4v) is 6.87. The van der Waals surface area contributed by atoms with Crippen molar-refractivity contribution in [2.75, 3.05) is 5.32 Å². The van der Waals surface area contributed by atoms with Crippen molar-refractivity contribution in [3.05, 3.63) is 71.0 Å². The predicted octanol–water partition coefficient (Wildman–Crippen LogP) is 5.11. The SMILES string of the molecule is CCC(Sc1nnc(CS(=O)(=O)c2ccc(C)cc2)n1-c1ccccc1)C(=O)Nc1nnc(CC(C)C)s1. The summed E-state index contributed by atoms with van der Waals surface area (Å²) in [7, 11) is -3.67. The number of carbonyl (C=O) groups is 1. The Bertz CT molecular complexity index is 1480. The lowest BCUT2D eigenvalue weighted by molar-refractivity contribution is -0.115. The molecular formula is C26H30N6O3S3. The molecule has 0 spiro atoms. The maximum atomic E-state index is 13.2. The van der Waals surface area contributed by atoms with Crippen LogP contribution in [-0.2, 0) is 26.8 Å². The van der Waals surface area contributed by atoms with Gasteiger partial charge in [-0.25, -0.2) is 8.42 Å². The van der Waals surface area contributed by atoms with Crippen molar-refractivity contribution >= 4 is 44.0 Å². The molecule has 12 heteroatoms. The van der Waals surface area contributed by atoms with E-state index in [1.807, 2.05) is 44.2 Å². The number of rotatable bonds is 11. The molecule has 0 aliphatic rings. The number of nitrogens with one attached hydrogen (secondary N) is 1. The van der Waals surface area contributed by atoms with Gasteiger partial charge in [0.15, 0.2) is 20.8 Å². The van der Waals surface area contributed by atoms with Crippen LogP contribution in [0.25, 0.3) is 5.69 Å². The Labute approximate surface area is 231 Å². The van der Waals surface area contributed by atoms with Crippen molar-refractivity contribution in [2.45, 2.75) is 61.6 Å². The highest BCUT2D eigenvalue weighted by atomic mass is 32.2. The van der Waals surface area contributed by atoms with Crippen LogP contribution in [0.2, 0.25) is 0 Å². The van der Waals surface area contributed by atoms with E-state index >= 15 is 0 Å². The molecule has 0 radical (unpaired) electrons. The summed E-state index contributed by atoms with van der Waals surface area (Å²) in [5.74, 6) is 0.169. The van der Waals surface area contributed by atoms with Gasteiger partial charge >= 0.3 is 0 Å². The van der Waals surface area contributed by atoms with Gasteiger partial charge in [0, 0.05) is 12.1 Å². The summed E-state index contributed by atoms with van der Waals surface area (Å²) in [4.78, 5) is 13.4. The third-order valence-electron chi connectivity index (χ3n) is 5.60. The second kappa shape index (κ2) is 12.2. The average molecular weight is 571 g/mol. The summed E-state index contributed by atoms with van der Waals surface area (Å²) in [6.45, 7) is 8.02. The van der Waals surface area contributed by atoms with E-state index < -0.39 is 15.1 Å². The Balaban J connectivity index is 1.59. The molecule has 0 aliphatic carbocycles. The fourth-order valence-electron chi connectivity index (χ4n) is 3.68. The standard InChI is InChI=1S/C26H30N6O3S3/c1-5-21(24(33)27-25-30-29-23(37-25)15-17(2)3)36-26-31-28-22(32(26)19-9-7-6-8-10-19)16-38(34,35)20-13-11-18(4)12-14-20/h6-14,17,21H,5,15-16H2,1-4H3,(H,27,30,33). The molecule has 1 unspecified atom stereocenters. The van der Waals surface area contributed by atoms with E-state index in [2.05, 4.69) is 39.6 Å². The summed E-state index contributed by atoms with van der Waals surface area (Å²) < 4.78 is 28.1. The summed E-state index contributed by atoms with van der Waals surface area (Å²) in [6, 6.07) is 16.0. The van der Waals surface area contributed by atoms with Crippen LogP contribution in [0.4, 0.5) is 5.13 Å². The van der Waals surface area contributed by atoms with Gasteiger partial charge in [0.2, 0.25) is 11.0 Å². The lowest BCUT2D eigenvalue weighted by Gasteiger charge is -2.15. The van der Waals surface area contributed by atoms with Gasteiger partial charge in [-0.05, 0) is 43.5 Å². The molecule has 2 aromatic carbocycles. The third-order valence-corrected chi connectivity index (χ3v) is 9.40. The van der Waals surface area contributed by atoms with Crippen LogP contribution in [0.5, 0.6) is 0 Å². The lowest BCUT2D eigenvalue weighted by Crippen LogP contribution is -2.25. The molecule has 38 heavy (non-hydrogen) atoms. The Morgan fingerprint density at radius 3 is 2.39 bits per heavy atom. The van der Waals surface area contributed by atoms with Gasteiger partial charge < -0.3 is 0 Å². The lowest BCUT2D eigenvalue weighted by atomic mass is 10.1. The molecule has 1 N–H and O–H groups in total. The monoisotopic (exact) mass is 570 g/mol. The highest BCUT2D eigenvalue weighted by Gasteiger charge is 2.27. The summed E-state index contributed by atoms with van der Waals surface area (Å²) in [6.07, 6.45) is 1.32. The van der Waals surface area contributed by atoms with Crippen LogP contribution >= 0.6 is 23.1 Å². The molecule has 200 valence electrons. The Hall–Kier alpha value is -3.09. The van der Waals surface area contributed by atoms with E-state index in [0.29, 0.717) is 28.3 Å². The number of para-hydroxylation sites is 1. The molecule has 0 saturated carbocycles. The molecule has 9 nitrogen and oxygen atoms in total. The number of carbonyl (C=O) groups excluding carboxylic acids is 1. The molecule has 0 fully saturated rings. The molecule has 0 bridgehead atoms. The van der Waals surface area contributed by atoms with E-state index in [-0.39, 0.29) is 22.4 Å². The first-order valence-electron chi connectivity index (χ1n) is 12.2. The molecule has 1 amide bonds. The van der Waals surface area contributed by atoms with E-state index in [4.69, 9.17) is 0 Å². The highest BCUT2D eigenvalue weighted by Crippen LogP contribution is 2.30. The maximum Gasteiger partial charge on any atom is 0.239 e. The second-order valence-corrected chi connectivity index (χ2v) is 13.5. The normalized spacial score (nSPS) is 12.6. The number of hydrogen-bond acceptors (Lipinski definition) is 9. The largest absolute Gasteiger partial charge is 0.300 e. The average Bonchev–Trinajstić information content (AvgIpc) is 3.48. The number of hydrogen-bond donors (Lipinski definition) is 1. The van der Waals surface area contributed by atoms with Gasteiger partial charge in [-0.15, -0.1) is 20.4 Å². The van der Waals surface area contributed by atoms with Crippen molar-refractivity contribution in [1.82, 2.24) is 25.0 Å². The van der Waals surface area contributed by atoms with Gasteiger partial charge in [-0.2, -0.15) is 0 Å². The molecule has 4 aromatic rings. The van der Waals surface area contributed by atoms with E-state index in [1.165, 1.54) is 23.1 Å². The van der Waals surface area contributed by atoms with Crippen LogP contribution in [0.1, 0.15) is 43.6 Å². The molecule has 0 saturated heterocycles. The Morgan fingerprint density at radius 2 is 1.74 bits per heavy atom. The predicted molar refractivity (Wildman–Crippen MR) is 150 cm³/mol. The topological polar surface area (TPSA) is 120 Å². The fraction of sp³-hybridized carbons (Fsp3) is 0.346. The molecule has 2 heterocycles. The van der Waals surface area contributed by atoms with Gasteiger partial charge in [0.05, 0.1) is 10.1 Å². The number of amides is 1. The first-order chi connectivity index (χ1) is 18.2. The number of thioether (sulfide) groups is 1. The van der Waals surface area contributed by atoms with Gasteiger partial charge in [-0.1, -0.05) is 79.8 Å².